The number of fused-ring (bicyclic) bond motifs is 6. The van der Waals surface area contributed by atoms with Crippen LogP contribution in [0.4, 0.5) is 5.69 Å². The maximum atomic E-state index is 14.1. The Morgan fingerprint density at radius 1 is 0.838 bits per heavy atom. The number of hydrogen-bond donors (Lipinski definition) is 0. The number of allylic oxidation sites excluding steroid dienone is 2. The van der Waals surface area contributed by atoms with E-state index in [-0.39, 0.29) is 34.6 Å². The molecule has 0 N–H and O–H groups in total. The molecular formula is C32H35NO3Si. The fourth-order valence-corrected chi connectivity index (χ4v) is 7.93. The van der Waals surface area contributed by atoms with Gasteiger partial charge in [0.05, 0.1) is 23.3 Å². The lowest BCUT2D eigenvalue weighted by atomic mass is 9.69. The van der Waals surface area contributed by atoms with Gasteiger partial charge in [0.25, 0.3) is 0 Å². The fraction of sp³-hybridized carbons (Fsp3) is 0.375. The van der Waals surface area contributed by atoms with E-state index in [2.05, 4.69) is 89.3 Å². The predicted octanol–water partition coefficient (Wildman–Crippen LogP) is 7.07. The third-order valence-electron chi connectivity index (χ3n) is 9.70. The molecule has 190 valence electrons. The molecule has 1 unspecified atom stereocenters. The second-order valence-electron chi connectivity index (χ2n) is 12.6. The molecule has 6 rings (SSSR count). The van der Waals surface area contributed by atoms with Crippen LogP contribution in [0, 0.1) is 23.7 Å². The number of anilines is 1. The monoisotopic (exact) mass is 509 g/mol. The van der Waals surface area contributed by atoms with E-state index < -0.39 is 19.7 Å². The summed E-state index contributed by atoms with van der Waals surface area (Å²) in [4.78, 5) is 29.5. The minimum absolute atomic E-state index is 0.0243. The molecule has 1 heterocycles. The van der Waals surface area contributed by atoms with Gasteiger partial charge in [0.2, 0.25) is 20.1 Å². The smallest absolute Gasteiger partial charge is 0.250 e. The van der Waals surface area contributed by atoms with Crippen LogP contribution in [0.2, 0.25) is 18.1 Å². The van der Waals surface area contributed by atoms with E-state index in [1.807, 2.05) is 30.3 Å². The predicted molar refractivity (Wildman–Crippen MR) is 151 cm³/mol. The Morgan fingerprint density at radius 2 is 1.46 bits per heavy atom. The summed E-state index contributed by atoms with van der Waals surface area (Å²) < 4.78 is 6.98. The summed E-state index contributed by atoms with van der Waals surface area (Å²) >= 11 is 0. The van der Waals surface area contributed by atoms with E-state index in [1.54, 1.807) is 0 Å². The van der Waals surface area contributed by atoms with Crippen molar-refractivity contribution in [1.29, 1.82) is 0 Å². The van der Waals surface area contributed by atoms with Crippen LogP contribution in [-0.4, -0.2) is 20.1 Å². The first-order valence-electron chi connectivity index (χ1n) is 13.3. The minimum atomic E-state index is -2.17. The highest BCUT2D eigenvalue weighted by Crippen LogP contribution is 2.67. The number of nitrogens with zero attached hydrogens (tertiary/aromatic N) is 1. The first kappa shape index (κ1) is 24.2. The van der Waals surface area contributed by atoms with Crippen molar-refractivity contribution in [3.63, 3.8) is 0 Å². The Balaban J connectivity index is 1.51. The van der Waals surface area contributed by atoms with Gasteiger partial charge in [-0.25, -0.2) is 0 Å². The molecule has 2 bridgehead atoms. The molecule has 0 aromatic heterocycles. The molecule has 2 fully saturated rings. The van der Waals surface area contributed by atoms with Gasteiger partial charge in [0, 0.05) is 17.3 Å². The number of carbonyl (C=O) groups excluding carboxylic acids is 2. The zero-order chi connectivity index (χ0) is 26.3. The molecular weight excluding hydrogens is 474 g/mol. The van der Waals surface area contributed by atoms with Crippen LogP contribution in [0.25, 0.3) is 10.8 Å². The van der Waals surface area contributed by atoms with E-state index in [9.17, 15) is 9.59 Å². The molecule has 1 saturated carbocycles. The Hall–Kier alpha value is -3.18. The second kappa shape index (κ2) is 7.91. The third-order valence-corrected chi connectivity index (χ3v) is 14.1. The summed E-state index contributed by atoms with van der Waals surface area (Å²) in [5.74, 6) is -0.359. The maximum absolute atomic E-state index is 14.1. The summed E-state index contributed by atoms with van der Waals surface area (Å²) in [7, 11) is -2.17. The molecule has 4 nitrogen and oxygen atoms in total. The standard InChI is InChI=1S/C32H35NO3Si/c1-31(2,3)37(5,6)36-25-19-24-26-27(30(35)33(29(26)34)21-15-8-7-9-16-21)28(25)32(24,4)23-18-12-14-20-13-10-11-17-22(20)23/h7-19,24,26-28H,1-6H3/t24-,26+,27+,28+,32?/m1/s1. The molecule has 5 atom stereocenters. The fourth-order valence-electron chi connectivity index (χ4n) is 6.84. The lowest BCUT2D eigenvalue weighted by Crippen LogP contribution is -2.44. The lowest BCUT2D eigenvalue weighted by molar-refractivity contribution is -0.123. The summed E-state index contributed by atoms with van der Waals surface area (Å²) in [6.45, 7) is 13.5. The normalized spacial score (nSPS) is 29.1. The molecule has 1 saturated heterocycles. The van der Waals surface area contributed by atoms with Gasteiger partial charge in [-0.3, -0.25) is 14.5 Å². The highest BCUT2D eigenvalue weighted by atomic mass is 28.4. The van der Waals surface area contributed by atoms with E-state index in [0.717, 1.165) is 5.76 Å². The topological polar surface area (TPSA) is 46.6 Å². The van der Waals surface area contributed by atoms with Crippen molar-refractivity contribution in [3.05, 3.63) is 90.2 Å². The highest BCUT2D eigenvalue weighted by molar-refractivity contribution is 6.74. The molecule has 1 aliphatic heterocycles. The SMILES string of the molecule is CC1(c2cccc3ccccc23)[C@@H]2C=C(O[Si](C)(C)C(C)(C)C)[C@H]1[C@H]1C(=O)N(c3ccccc3)C(=O)[C@H]12. The van der Waals surface area contributed by atoms with Crippen LogP contribution >= 0.6 is 0 Å². The van der Waals surface area contributed by atoms with Gasteiger partial charge in [-0.2, -0.15) is 0 Å². The van der Waals surface area contributed by atoms with E-state index in [1.165, 1.54) is 21.2 Å². The number of carbonyl (C=O) groups is 2. The first-order chi connectivity index (χ1) is 17.5. The zero-order valence-corrected chi connectivity index (χ0v) is 23.5. The van der Waals surface area contributed by atoms with Gasteiger partial charge in [-0.15, -0.1) is 0 Å². The number of imide groups is 1. The Kier molecular flexibility index (Phi) is 5.17. The van der Waals surface area contributed by atoms with Crippen molar-refractivity contribution in [1.82, 2.24) is 0 Å². The maximum Gasteiger partial charge on any atom is 0.250 e. The number of rotatable bonds is 4. The summed E-state index contributed by atoms with van der Waals surface area (Å²) in [5.41, 5.74) is 1.44. The van der Waals surface area contributed by atoms with Crippen molar-refractivity contribution in [2.24, 2.45) is 23.7 Å². The zero-order valence-electron chi connectivity index (χ0n) is 22.5. The van der Waals surface area contributed by atoms with E-state index in [4.69, 9.17) is 4.43 Å². The molecule has 2 aliphatic carbocycles. The number of para-hydroxylation sites is 1. The Labute approximate surface area is 220 Å². The molecule has 0 spiro atoms. The van der Waals surface area contributed by atoms with Gasteiger partial charge < -0.3 is 4.43 Å². The van der Waals surface area contributed by atoms with Crippen molar-refractivity contribution in [2.75, 3.05) is 4.90 Å². The largest absolute Gasteiger partial charge is 0.546 e. The average molecular weight is 510 g/mol. The lowest BCUT2D eigenvalue weighted by Gasteiger charge is -2.41. The Morgan fingerprint density at radius 3 is 2.16 bits per heavy atom. The number of amides is 2. The van der Waals surface area contributed by atoms with Gasteiger partial charge in [0.15, 0.2) is 0 Å². The van der Waals surface area contributed by atoms with Gasteiger partial charge in [-0.05, 0) is 52.7 Å². The van der Waals surface area contributed by atoms with E-state index in [0.29, 0.717) is 5.69 Å². The molecule has 3 aromatic rings. The van der Waals surface area contributed by atoms with Crippen molar-refractivity contribution < 1.29 is 14.0 Å². The van der Waals surface area contributed by atoms with Gasteiger partial charge in [0.1, 0.15) is 0 Å². The minimum Gasteiger partial charge on any atom is -0.546 e. The quantitative estimate of drug-likeness (QED) is 0.279. The van der Waals surface area contributed by atoms with Crippen LogP contribution in [0.5, 0.6) is 0 Å². The van der Waals surface area contributed by atoms with Gasteiger partial charge >= 0.3 is 0 Å². The highest BCUT2D eigenvalue weighted by Gasteiger charge is 2.72. The molecule has 37 heavy (non-hydrogen) atoms. The van der Waals surface area contributed by atoms with Gasteiger partial charge in [-0.1, -0.05) is 88.4 Å². The van der Waals surface area contributed by atoms with Crippen LogP contribution in [0.3, 0.4) is 0 Å². The average Bonchev–Trinajstić information content (AvgIpc) is 3.39. The molecule has 3 aliphatic rings. The van der Waals surface area contributed by atoms with Crippen LogP contribution in [0.1, 0.15) is 33.3 Å². The number of benzene rings is 3. The van der Waals surface area contributed by atoms with Crippen molar-refractivity contribution in [2.45, 2.75) is 51.2 Å². The van der Waals surface area contributed by atoms with Crippen LogP contribution in [-0.2, 0) is 19.4 Å². The summed E-state index contributed by atoms with van der Waals surface area (Å²) in [6.07, 6.45) is 2.22. The van der Waals surface area contributed by atoms with Crippen molar-refractivity contribution in [3.8, 4) is 0 Å². The van der Waals surface area contributed by atoms with Crippen molar-refractivity contribution >= 4 is 36.6 Å². The molecule has 0 radical (unpaired) electrons. The van der Waals surface area contributed by atoms with Crippen LogP contribution < -0.4 is 4.90 Å². The van der Waals surface area contributed by atoms with Crippen LogP contribution in [0.15, 0.2) is 84.6 Å². The molecule has 3 aromatic carbocycles. The Bertz CT molecular complexity index is 1450. The van der Waals surface area contributed by atoms with E-state index >= 15 is 0 Å². The molecule has 2 amide bonds. The summed E-state index contributed by atoms with van der Waals surface area (Å²) in [6, 6.07) is 24.2. The third kappa shape index (κ3) is 3.26. The molecule has 5 heteroatoms. The second-order valence-corrected chi connectivity index (χ2v) is 17.4. The summed E-state index contributed by atoms with van der Waals surface area (Å²) in [5, 5.41) is 2.38. The first-order valence-corrected chi connectivity index (χ1v) is 16.2. The number of hydrogen-bond acceptors (Lipinski definition) is 3.